The first-order valence-electron chi connectivity index (χ1n) is 12.0. The number of amides is 1. The second-order valence-electron chi connectivity index (χ2n) is 9.46. The Labute approximate surface area is 210 Å². The third kappa shape index (κ3) is 3.94. The summed E-state index contributed by atoms with van der Waals surface area (Å²) < 4.78 is 12.5. The first kappa shape index (κ1) is 22.7. The highest BCUT2D eigenvalue weighted by Crippen LogP contribution is 2.64. The van der Waals surface area contributed by atoms with E-state index < -0.39 is 5.97 Å². The molecule has 2 bridgehead atoms. The van der Waals surface area contributed by atoms with E-state index in [9.17, 15) is 14.4 Å². The molecule has 0 spiro atoms. The Morgan fingerprint density at radius 1 is 1.17 bits per heavy atom. The molecule has 35 heavy (non-hydrogen) atoms. The number of fused-ring (bicyclic) bond motifs is 6. The van der Waals surface area contributed by atoms with E-state index in [2.05, 4.69) is 5.32 Å². The Morgan fingerprint density at radius 3 is 2.71 bits per heavy atom. The minimum atomic E-state index is -0.399. The Balaban J connectivity index is 1.25. The van der Waals surface area contributed by atoms with Gasteiger partial charge in [-0.2, -0.15) is 0 Å². The van der Waals surface area contributed by atoms with Gasteiger partial charge in [0.05, 0.1) is 34.3 Å². The molecule has 1 N–H and O–H groups in total. The van der Waals surface area contributed by atoms with Crippen molar-refractivity contribution in [2.24, 2.45) is 17.8 Å². The number of thiazole rings is 1. The zero-order chi connectivity index (χ0) is 24.1. The van der Waals surface area contributed by atoms with Crippen LogP contribution in [0, 0.1) is 17.8 Å². The number of nitrogens with one attached hydrogen (secondary N) is 1. The number of carbonyl (C=O) groups excluding carboxylic acids is 2. The second kappa shape index (κ2) is 9.02. The molecule has 6 rings (SSSR count). The number of hydrogen-bond donors (Lipinski definition) is 1. The summed E-state index contributed by atoms with van der Waals surface area (Å²) in [5.41, 5.74) is 0.989. The minimum absolute atomic E-state index is 0.0480. The molecule has 1 aromatic carbocycles. The number of rotatable bonds is 6. The van der Waals surface area contributed by atoms with Crippen LogP contribution in [0.25, 0.3) is 0 Å². The lowest BCUT2D eigenvalue weighted by Gasteiger charge is -2.39. The summed E-state index contributed by atoms with van der Waals surface area (Å²) in [6.45, 7) is 2.01. The molecular weight excluding hydrogens is 484 g/mol. The smallest absolute Gasteiger partial charge is 0.338 e. The molecule has 3 heterocycles. The molecule has 4 unspecified atom stereocenters. The van der Waals surface area contributed by atoms with Crippen LogP contribution in [0.3, 0.4) is 0 Å². The fourth-order valence-corrected chi connectivity index (χ4v) is 9.25. The molecule has 9 heteroatoms. The van der Waals surface area contributed by atoms with Crippen molar-refractivity contribution in [3.05, 3.63) is 68.5 Å². The maximum atomic E-state index is 13.1. The van der Waals surface area contributed by atoms with Crippen molar-refractivity contribution in [3.63, 3.8) is 0 Å². The van der Waals surface area contributed by atoms with Crippen molar-refractivity contribution in [2.75, 3.05) is 11.9 Å². The molecule has 0 saturated heterocycles. The van der Waals surface area contributed by atoms with Gasteiger partial charge in [-0.1, -0.05) is 11.3 Å². The lowest BCUT2D eigenvalue weighted by atomic mass is 9.77. The summed E-state index contributed by atoms with van der Waals surface area (Å²) in [5, 5.41) is 4.22. The van der Waals surface area contributed by atoms with E-state index in [1.165, 1.54) is 30.6 Å². The highest BCUT2D eigenvalue weighted by molar-refractivity contribution is 8.00. The molecule has 3 aromatic rings. The number of thioether (sulfide) groups is 1. The third-order valence-corrected chi connectivity index (χ3v) is 10.3. The molecule has 2 aliphatic carbocycles. The van der Waals surface area contributed by atoms with Gasteiger partial charge in [0.25, 0.3) is 0 Å². The molecule has 182 valence electrons. The maximum absolute atomic E-state index is 13.1. The van der Waals surface area contributed by atoms with Gasteiger partial charge in [-0.25, -0.2) is 4.79 Å². The van der Waals surface area contributed by atoms with E-state index in [4.69, 9.17) is 9.15 Å². The van der Waals surface area contributed by atoms with Crippen LogP contribution in [-0.2, 0) is 16.1 Å². The van der Waals surface area contributed by atoms with Crippen LogP contribution < -0.4 is 10.2 Å². The highest BCUT2D eigenvalue weighted by atomic mass is 32.2. The Kier molecular flexibility index (Phi) is 5.84. The van der Waals surface area contributed by atoms with Gasteiger partial charge in [-0.05, 0) is 80.3 Å². The number of carbonyl (C=O) groups is 2. The summed E-state index contributed by atoms with van der Waals surface area (Å²) in [4.78, 5) is 38.8. The molecule has 7 nitrogen and oxygen atoms in total. The number of furan rings is 1. The summed E-state index contributed by atoms with van der Waals surface area (Å²) >= 11 is 3.05. The number of anilines is 1. The Hall–Kier alpha value is -2.78. The van der Waals surface area contributed by atoms with Gasteiger partial charge < -0.3 is 14.5 Å². The first-order valence-corrected chi connectivity index (χ1v) is 13.7. The quantitative estimate of drug-likeness (QED) is 0.471. The van der Waals surface area contributed by atoms with Crippen molar-refractivity contribution < 1.29 is 18.7 Å². The van der Waals surface area contributed by atoms with Crippen molar-refractivity contribution >= 4 is 40.7 Å². The molecule has 2 fully saturated rings. The lowest BCUT2D eigenvalue weighted by Crippen LogP contribution is -2.34. The van der Waals surface area contributed by atoms with Crippen molar-refractivity contribution in [1.82, 2.24) is 4.57 Å². The molecule has 3 aliphatic rings. The molecule has 0 radical (unpaired) electrons. The van der Waals surface area contributed by atoms with E-state index in [1.54, 1.807) is 53.8 Å². The van der Waals surface area contributed by atoms with Crippen LogP contribution in [-0.4, -0.2) is 28.3 Å². The van der Waals surface area contributed by atoms with Gasteiger partial charge >= 0.3 is 10.8 Å². The standard InChI is InChI=1S/C26H26N2O5S2/c1-2-32-25(30)14-7-9-17(10-8-14)27-19(29)13-28-24-23(35-26(28)31)21(18-4-3-11-33-18)20-15-5-6-16(12-15)22(20)34-24/h3-4,7-11,15-16,20-22H,2,5-6,12-13H2,1H3,(H,27,29)/t15?,16?,20?,21-,22?/m0/s1. The van der Waals surface area contributed by atoms with Crippen LogP contribution in [0.1, 0.15) is 53.1 Å². The number of aromatic nitrogens is 1. The average Bonchev–Trinajstić information content (AvgIpc) is 3.64. The van der Waals surface area contributed by atoms with E-state index >= 15 is 0 Å². The SMILES string of the molecule is CCOC(=O)c1ccc(NC(=O)Cn2c3c(sc2=O)[C@@H](c2ccco2)C2C4CCC(C4)C2S3)cc1. The number of benzene rings is 1. The lowest BCUT2D eigenvalue weighted by molar-refractivity contribution is -0.116. The van der Waals surface area contributed by atoms with Crippen LogP contribution in [0.2, 0.25) is 0 Å². The van der Waals surface area contributed by atoms with Crippen LogP contribution in [0.4, 0.5) is 5.69 Å². The molecule has 1 aliphatic heterocycles. The van der Waals surface area contributed by atoms with E-state index in [0.717, 1.165) is 15.7 Å². The maximum Gasteiger partial charge on any atom is 0.338 e. The Morgan fingerprint density at radius 2 is 1.97 bits per heavy atom. The molecule has 2 saturated carbocycles. The fraction of sp³-hybridized carbons (Fsp3) is 0.423. The zero-order valence-electron chi connectivity index (χ0n) is 19.3. The van der Waals surface area contributed by atoms with Gasteiger partial charge in [0.15, 0.2) is 0 Å². The Bertz CT molecular complexity index is 1310. The minimum Gasteiger partial charge on any atom is -0.469 e. The summed E-state index contributed by atoms with van der Waals surface area (Å²) in [6, 6.07) is 10.5. The van der Waals surface area contributed by atoms with E-state index in [1.807, 2.05) is 12.1 Å². The predicted molar refractivity (Wildman–Crippen MR) is 134 cm³/mol. The van der Waals surface area contributed by atoms with Crippen LogP contribution in [0.15, 0.2) is 56.9 Å². The van der Waals surface area contributed by atoms with Gasteiger partial charge in [0.1, 0.15) is 12.3 Å². The molecule has 2 aromatic heterocycles. The van der Waals surface area contributed by atoms with E-state index in [-0.39, 0.29) is 23.2 Å². The summed E-state index contributed by atoms with van der Waals surface area (Å²) in [7, 11) is 0. The fourth-order valence-electron chi connectivity index (χ4n) is 6.12. The molecule has 1 amide bonds. The zero-order valence-corrected chi connectivity index (χ0v) is 20.9. The monoisotopic (exact) mass is 510 g/mol. The predicted octanol–water partition coefficient (Wildman–Crippen LogP) is 4.97. The summed E-state index contributed by atoms with van der Waals surface area (Å²) in [6.07, 6.45) is 5.46. The van der Waals surface area contributed by atoms with E-state index in [0.29, 0.717) is 40.9 Å². The largest absolute Gasteiger partial charge is 0.469 e. The van der Waals surface area contributed by atoms with Crippen molar-refractivity contribution in [1.29, 1.82) is 0 Å². The third-order valence-electron chi connectivity index (χ3n) is 7.52. The van der Waals surface area contributed by atoms with Crippen LogP contribution >= 0.6 is 23.1 Å². The van der Waals surface area contributed by atoms with Crippen molar-refractivity contribution in [3.8, 4) is 0 Å². The van der Waals surface area contributed by atoms with Gasteiger partial charge in [0, 0.05) is 10.9 Å². The number of ether oxygens (including phenoxy) is 1. The highest BCUT2D eigenvalue weighted by Gasteiger charge is 2.55. The van der Waals surface area contributed by atoms with Crippen molar-refractivity contribution in [2.45, 2.75) is 48.9 Å². The number of nitrogens with zero attached hydrogens (tertiary/aromatic N) is 1. The molecule has 5 atom stereocenters. The summed E-state index contributed by atoms with van der Waals surface area (Å²) in [5.74, 6) is 2.15. The second-order valence-corrected chi connectivity index (χ2v) is 11.6. The van der Waals surface area contributed by atoms with Gasteiger partial charge in [-0.15, -0.1) is 11.8 Å². The average molecular weight is 511 g/mol. The number of esters is 1. The van der Waals surface area contributed by atoms with Gasteiger partial charge in [-0.3, -0.25) is 14.2 Å². The topological polar surface area (TPSA) is 90.5 Å². The van der Waals surface area contributed by atoms with Gasteiger partial charge in [0.2, 0.25) is 5.91 Å². The molecular formula is C26H26N2O5S2. The number of hydrogen-bond acceptors (Lipinski definition) is 7. The normalized spacial score (nSPS) is 26.3. The van der Waals surface area contributed by atoms with Crippen LogP contribution in [0.5, 0.6) is 0 Å². The first-order chi connectivity index (χ1) is 17.0.